The lowest BCUT2D eigenvalue weighted by molar-refractivity contribution is -0.159. The van der Waals surface area contributed by atoms with Crippen LogP contribution in [0.4, 0.5) is 13.2 Å². The maximum Gasteiger partial charge on any atom is 0.416 e. The fourth-order valence-corrected chi connectivity index (χ4v) is 3.18. The molecule has 24 heavy (non-hydrogen) atoms. The molecule has 5 nitrogen and oxygen atoms in total. The quantitative estimate of drug-likeness (QED) is 0.913. The van der Waals surface area contributed by atoms with Gasteiger partial charge >= 0.3 is 12.1 Å². The molecule has 2 aliphatic rings. The van der Waals surface area contributed by atoms with Gasteiger partial charge in [0.1, 0.15) is 0 Å². The van der Waals surface area contributed by atoms with Gasteiger partial charge in [-0.05, 0) is 24.0 Å². The molecule has 0 bridgehead atoms. The minimum absolute atomic E-state index is 0.0996. The third kappa shape index (κ3) is 3.10. The Kier molecular flexibility index (Phi) is 4.25. The predicted molar refractivity (Wildman–Crippen MR) is 76.2 cm³/mol. The fourth-order valence-electron chi connectivity index (χ4n) is 3.18. The number of carboxylic acids is 1. The Balaban J connectivity index is 1.78. The molecule has 0 aromatic heterocycles. The minimum atomic E-state index is -4.48. The third-order valence-corrected chi connectivity index (χ3v) is 4.47. The van der Waals surface area contributed by atoms with Crippen LogP contribution in [0, 0.1) is 5.92 Å². The summed E-state index contributed by atoms with van der Waals surface area (Å²) in [7, 11) is 0. The van der Waals surface area contributed by atoms with E-state index in [1.807, 2.05) is 0 Å². The standard InChI is InChI=1S/C16H16F3NO4/c17-16(18,19)12-4-2-1-3-9(12)10-7-11(10)14(21)20-5-6-24-8-13(20)15(22)23/h1-4,10-11,13H,5-8H2,(H,22,23)/t10-,11+,13+/m1/s1. The van der Waals surface area contributed by atoms with Crippen LogP contribution in [0.25, 0.3) is 0 Å². The molecule has 1 saturated carbocycles. The highest BCUT2D eigenvalue weighted by Crippen LogP contribution is 2.51. The number of hydrogen-bond acceptors (Lipinski definition) is 3. The molecule has 8 heteroatoms. The monoisotopic (exact) mass is 343 g/mol. The van der Waals surface area contributed by atoms with Crippen LogP contribution in [0.1, 0.15) is 23.5 Å². The number of aliphatic carboxylic acids is 1. The molecule has 1 saturated heterocycles. The van der Waals surface area contributed by atoms with Gasteiger partial charge in [0.2, 0.25) is 5.91 Å². The second-order valence-electron chi connectivity index (χ2n) is 5.99. The van der Waals surface area contributed by atoms with E-state index >= 15 is 0 Å². The number of amides is 1. The lowest BCUT2D eigenvalue weighted by Gasteiger charge is -2.33. The largest absolute Gasteiger partial charge is 0.480 e. The summed E-state index contributed by atoms with van der Waals surface area (Å²) in [6.07, 6.45) is -4.18. The van der Waals surface area contributed by atoms with Crippen molar-refractivity contribution in [1.82, 2.24) is 4.90 Å². The summed E-state index contributed by atoms with van der Waals surface area (Å²) >= 11 is 0. The summed E-state index contributed by atoms with van der Waals surface area (Å²) < 4.78 is 44.4. The molecule has 0 unspecified atom stereocenters. The SMILES string of the molecule is O=C(O)[C@@H]1COCCN1C(=O)[C@H]1C[C@@H]1c1ccccc1C(F)(F)F. The van der Waals surface area contributed by atoms with Crippen molar-refractivity contribution in [3.8, 4) is 0 Å². The Hall–Kier alpha value is -2.09. The van der Waals surface area contributed by atoms with Crippen molar-refractivity contribution in [3.63, 3.8) is 0 Å². The van der Waals surface area contributed by atoms with E-state index in [-0.39, 0.29) is 25.3 Å². The zero-order valence-corrected chi connectivity index (χ0v) is 12.6. The number of halogens is 3. The van der Waals surface area contributed by atoms with Gasteiger partial charge in [0.15, 0.2) is 6.04 Å². The molecule has 1 N–H and O–H groups in total. The first-order chi connectivity index (χ1) is 11.3. The normalized spacial score (nSPS) is 27.0. The highest BCUT2D eigenvalue weighted by molar-refractivity contribution is 5.88. The second-order valence-corrected chi connectivity index (χ2v) is 5.99. The summed E-state index contributed by atoms with van der Waals surface area (Å²) in [4.78, 5) is 25.0. The summed E-state index contributed by atoms with van der Waals surface area (Å²) in [5.74, 6) is -2.70. The van der Waals surface area contributed by atoms with Gasteiger partial charge in [0, 0.05) is 12.5 Å². The molecule has 0 radical (unpaired) electrons. The molecular formula is C16H16F3NO4. The summed E-state index contributed by atoms with van der Waals surface area (Å²) in [6, 6.07) is 4.14. The molecule has 1 aromatic rings. The number of benzene rings is 1. The van der Waals surface area contributed by atoms with E-state index in [9.17, 15) is 27.9 Å². The van der Waals surface area contributed by atoms with E-state index in [1.54, 1.807) is 0 Å². The first-order valence-corrected chi connectivity index (χ1v) is 7.58. The fraction of sp³-hybridized carbons (Fsp3) is 0.500. The summed E-state index contributed by atoms with van der Waals surface area (Å²) in [5.41, 5.74) is -0.634. The Morgan fingerprint density at radius 1 is 1.25 bits per heavy atom. The van der Waals surface area contributed by atoms with E-state index in [4.69, 9.17) is 4.74 Å². The first kappa shape index (κ1) is 16.8. The topological polar surface area (TPSA) is 66.8 Å². The van der Waals surface area contributed by atoms with E-state index in [0.29, 0.717) is 6.42 Å². The van der Waals surface area contributed by atoms with Crippen LogP contribution in [0.15, 0.2) is 24.3 Å². The molecule has 1 aromatic carbocycles. The number of carbonyl (C=O) groups excluding carboxylic acids is 1. The zero-order valence-electron chi connectivity index (χ0n) is 12.6. The molecule has 1 aliphatic carbocycles. The molecule has 3 atom stereocenters. The maximum absolute atomic E-state index is 13.1. The highest BCUT2D eigenvalue weighted by atomic mass is 19.4. The van der Waals surface area contributed by atoms with Crippen LogP contribution >= 0.6 is 0 Å². The number of carbonyl (C=O) groups is 2. The zero-order chi connectivity index (χ0) is 17.5. The minimum Gasteiger partial charge on any atom is -0.480 e. The van der Waals surface area contributed by atoms with Gasteiger partial charge in [-0.1, -0.05) is 18.2 Å². The van der Waals surface area contributed by atoms with Crippen LogP contribution in [0.5, 0.6) is 0 Å². The van der Waals surface area contributed by atoms with Gasteiger partial charge in [0.05, 0.1) is 18.8 Å². The van der Waals surface area contributed by atoms with Crippen molar-refractivity contribution < 1.29 is 32.6 Å². The maximum atomic E-state index is 13.1. The molecular weight excluding hydrogens is 327 g/mol. The van der Waals surface area contributed by atoms with Crippen molar-refractivity contribution in [2.24, 2.45) is 5.92 Å². The highest BCUT2D eigenvalue weighted by Gasteiger charge is 2.50. The van der Waals surface area contributed by atoms with Gasteiger partial charge in [-0.15, -0.1) is 0 Å². The van der Waals surface area contributed by atoms with Crippen molar-refractivity contribution >= 4 is 11.9 Å². The number of ether oxygens (including phenoxy) is 1. The Labute approximate surface area is 136 Å². The lowest BCUT2D eigenvalue weighted by atomic mass is 10.0. The van der Waals surface area contributed by atoms with Crippen LogP contribution in [0.3, 0.4) is 0 Å². The molecule has 1 heterocycles. The predicted octanol–water partition coefficient (Wildman–Crippen LogP) is 2.12. The van der Waals surface area contributed by atoms with E-state index in [0.717, 1.165) is 6.07 Å². The third-order valence-electron chi connectivity index (χ3n) is 4.47. The van der Waals surface area contributed by atoms with E-state index in [2.05, 4.69) is 0 Å². The lowest BCUT2D eigenvalue weighted by Crippen LogP contribution is -2.53. The van der Waals surface area contributed by atoms with Gasteiger partial charge < -0.3 is 14.7 Å². The first-order valence-electron chi connectivity index (χ1n) is 7.58. The van der Waals surface area contributed by atoms with Crippen molar-refractivity contribution in [2.45, 2.75) is 24.6 Å². The number of nitrogens with zero attached hydrogens (tertiary/aromatic N) is 1. The molecule has 130 valence electrons. The van der Waals surface area contributed by atoms with Gasteiger partial charge in [-0.25, -0.2) is 4.79 Å². The number of carboxylic acid groups (broad SMARTS) is 1. The average molecular weight is 343 g/mol. The number of alkyl halides is 3. The number of morpholine rings is 1. The second kappa shape index (κ2) is 6.08. The van der Waals surface area contributed by atoms with Gasteiger partial charge in [-0.2, -0.15) is 13.2 Å². The molecule has 0 spiro atoms. The van der Waals surface area contributed by atoms with E-state index in [1.165, 1.54) is 23.1 Å². The van der Waals surface area contributed by atoms with Crippen molar-refractivity contribution in [2.75, 3.05) is 19.8 Å². The van der Waals surface area contributed by atoms with Crippen molar-refractivity contribution in [3.05, 3.63) is 35.4 Å². The van der Waals surface area contributed by atoms with Crippen LogP contribution in [-0.2, 0) is 20.5 Å². The molecule has 2 fully saturated rings. The Morgan fingerprint density at radius 3 is 2.62 bits per heavy atom. The number of hydrogen-bond donors (Lipinski definition) is 1. The van der Waals surface area contributed by atoms with E-state index < -0.39 is 41.5 Å². The molecule has 1 aliphatic heterocycles. The molecule has 3 rings (SSSR count). The summed E-state index contributed by atoms with van der Waals surface area (Å²) in [6.45, 7) is 0.267. The average Bonchev–Trinajstić information content (AvgIpc) is 3.34. The Morgan fingerprint density at radius 2 is 1.96 bits per heavy atom. The van der Waals surface area contributed by atoms with Crippen LogP contribution < -0.4 is 0 Å². The number of rotatable bonds is 3. The van der Waals surface area contributed by atoms with Crippen LogP contribution in [-0.4, -0.2) is 47.7 Å². The Bertz CT molecular complexity index is 661. The van der Waals surface area contributed by atoms with Crippen LogP contribution in [0.2, 0.25) is 0 Å². The molecule has 1 amide bonds. The smallest absolute Gasteiger partial charge is 0.416 e. The van der Waals surface area contributed by atoms with Gasteiger partial charge in [0.25, 0.3) is 0 Å². The van der Waals surface area contributed by atoms with Crippen molar-refractivity contribution in [1.29, 1.82) is 0 Å². The van der Waals surface area contributed by atoms with Gasteiger partial charge in [-0.3, -0.25) is 4.79 Å². The summed E-state index contributed by atoms with van der Waals surface area (Å²) in [5, 5.41) is 9.17.